The van der Waals surface area contributed by atoms with Gasteiger partial charge in [0.25, 0.3) is 11.7 Å². The zero-order chi connectivity index (χ0) is 22.2. The molecule has 0 spiro atoms. The van der Waals surface area contributed by atoms with Gasteiger partial charge in [0, 0.05) is 35.5 Å². The number of benzene rings is 2. The normalized spacial score (nSPS) is 11.2. The molecule has 6 heteroatoms. The van der Waals surface area contributed by atoms with Gasteiger partial charge in [0.2, 0.25) is 5.89 Å². The Morgan fingerprint density at radius 3 is 2.50 bits per heavy atom. The van der Waals surface area contributed by atoms with Gasteiger partial charge in [-0.1, -0.05) is 41.5 Å². The number of nitrogens with zero attached hydrogens (tertiary/aromatic N) is 4. The summed E-state index contributed by atoms with van der Waals surface area (Å²) < 4.78 is 7.91. The third kappa shape index (κ3) is 3.50. The van der Waals surface area contributed by atoms with Gasteiger partial charge in [-0.05, 0) is 50.6 Å². The minimum absolute atomic E-state index is 0.0251. The summed E-state index contributed by atoms with van der Waals surface area (Å²) in [5, 5.41) is 8.99. The average Bonchev–Trinajstić information content (AvgIpc) is 3.39. The van der Waals surface area contributed by atoms with Crippen LogP contribution >= 0.6 is 0 Å². The zero-order valence-corrected chi connectivity index (χ0v) is 18.2. The number of hydrogen-bond donors (Lipinski definition) is 0. The van der Waals surface area contributed by atoms with Crippen molar-refractivity contribution in [2.75, 3.05) is 0 Å². The second kappa shape index (κ2) is 7.89. The molecule has 0 bridgehead atoms. The molecule has 3 heterocycles. The molecule has 5 aromatic rings. The fourth-order valence-electron chi connectivity index (χ4n) is 3.99. The molecule has 0 atom stereocenters. The molecule has 0 aliphatic carbocycles. The molecule has 0 saturated carbocycles. The van der Waals surface area contributed by atoms with Crippen LogP contribution in [0.5, 0.6) is 0 Å². The van der Waals surface area contributed by atoms with Gasteiger partial charge in [-0.15, -0.1) is 10.2 Å². The summed E-state index contributed by atoms with van der Waals surface area (Å²) in [7, 11) is 0. The second-order valence-corrected chi connectivity index (χ2v) is 8.04. The summed E-state index contributed by atoms with van der Waals surface area (Å²) in [5.74, 6) is -0.0232. The Kier molecular flexibility index (Phi) is 4.90. The lowest BCUT2D eigenvalue weighted by molar-refractivity contribution is 0.100. The molecular formula is C26H22N4O2. The first-order valence-corrected chi connectivity index (χ1v) is 10.4. The number of carbonyl (C=O) groups is 1. The lowest BCUT2D eigenvalue weighted by atomic mass is 10.0. The van der Waals surface area contributed by atoms with Gasteiger partial charge < -0.3 is 8.98 Å². The van der Waals surface area contributed by atoms with E-state index in [-0.39, 0.29) is 17.6 Å². The Morgan fingerprint density at radius 2 is 1.75 bits per heavy atom. The highest BCUT2D eigenvalue weighted by Gasteiger charge is 2.25. The van der Waals surface area contributed by atoms with E-state index >= 15 is 0 Å². The number of aryl methyl sites for hydroxylation is 2. The molecule has 6 nitrogen and oxygen atoms in total. The Hall–Kier alpha value is -4.06. The van der Waals surface area contributed by atoms with E-state index in [4.69, 9.17) is 4.42 Å². The maximum absolute atomic E-state index is 13.5. The maximum Gasteiger partial charge on any atom is 0.289 e. The first kappa shape index (κ1) is 19.9. The van der Waals surface area contributed by atoms with Gasteiger partial charge in [-0.25, -0.2) is 0 Å². The van der Waals surface area contributed by atoms with Gasteiger partial charge in [-0.2, -0.15) is 0 Å². The molecular weight excluding hydrogens is 400 g/mol. The van der Waals surface area contributed by atoms with Crippen molar-refractivity contribution >= 4 is 16.7 Å². The van der Waals surface area contributed by atoms with Gasteiger partial charge in [0.15, 0.2) is 0 Å². The molecule has 0 unspecified atom stereocenters. The molecule has 0 amide bonds. The van der Waals surface area contributed by atoms with Crippen molar-refractivity contribution in [3.8, 4) is 11.5 Å². The van der Waals surface area contributed by atoms with Crippen LogP contribution in [-0.4, -0.2) is 25.5 Å². The molecule has 0 aliphatic rings. The van der Waals surface area contributed by atoms with Crippen molar-refractivity contribution in [1.29, 1.82) is 0 Å². The van der Waals surface area contributed by atoms with Crippen LogP contribution in [-0.2, 0) is 6.54 Å². The number of aromatic nitrogens is 4. The third-order valence-corrected chi connectivity index (χ3v) is 5.69. The van der Waals surface area contributed by atoms with Crippen molar-refractivity contribution < 1.29 is 9.21 Å². The maximum atomic E-state index is 13.5. The molecule has 0 N–H and O–H groups in total. The number of rotatable bonds is 5. The van der Waals surface area contributed by atoms with Crippen molar-refractivity contribution in [3.05, 3.63) is 101 Å². The summed E-state index contributed by atoms with van der Waals surface area (Å²) in [4.78, 5) is 17.6. The Balaban J connectivity index is 1.60. The average molecular weight is 422 g/mol. The quantitative estimate of drug-likeness (QED) is 0.360. The summed E-state index contributed by atoms with van der Waals surface area (Å²) in [6.07, 6.45) is 3.30. The molecule has 5 rings (SSSR count). The Bertz CT molecular complexity index is 1430. The van der Waals surface area contributed by atoms with Crippen LogP contribution in [0.2, 0.25) is 0 Å². The minimum atomic E-state index is -0.275. The largest absolute Gasteiger partial charge is 0.413 e. The van der Waals surface area contributed by atoms with E-state index in [1.807, 2.05) is 26.0 Å². The highest BCUT2D eigenvalue weighted by atomic mass is 16.4. The number of fused-ring (bicyclic) bond motifs is 1. The molecule has 158 valence electrons. The van der Waals surface area contributed by atoms with Crippen LogP contribution in [0.15, 0.2) is 71.4 Å². The summed E-state index contributed by atoms with van der Waals surface area (Å²) in [5.41, 5.74) is 6.62. The molecule has 3 aromatic heterocycles. The third-order valence-electron chi connectivity index (χ3n) is 5.69. The van der Waals surface area contributed by atoms with E-state index in [0.717, 1.165) is 22.2 Å². The first-order chi connectivity index (χ1) is 15.5. The monoisotopic (exact) mass is 422 g/mol. The number of carbonyl (C=O) groups excluding carboxylic acids is 1. The predicted molar refractivity (Wildman–Crippen MR) is 123 cm³/mol. The first-order valence-electron chi connectivity index (χ1n) is 10.4. The predicted octanol–water partition coefficient (Wildman–Crippen LogP) is 5.29. The summed E-state index contributed by atoms with van der Waals surface area (Å²) in [6.45, 7) is 6.73. The van der Waals surface area contributed by atoms with Crippen molar-refractivity contribution in [1.82, 2.24) is 19.7 Å². The highest BCUT2D eigenvalue weighted by Crippen LogP contribution is 2.30. The van der Waals surface area contributed by atoms with Crippen molar-refractivity contribution in [3.63, 3.8) is 0 Å². The van der Waals surface area contributed by atoms with E-state index in [1.165, 1.54) is 11.1 Å². The van der Waals surface area contributed by atoms with Crippen LogP contribution in [0.1, 0.15) is 38.6 Å². The van der Waals surface area contributed by atoms with E-state index in [0.29, 0.717) is 17.7 Å². The van der Waals surface area contributed by atoms with Gasteiger partial charge in [-0.3, -0.25) is 9.78 Å². The molecule has 0 fully saturated rings. The van der Waals surface area contributed by atoms with E-state index < -0.39 is 0 Å². The number of pyridine rings is 1. The lowest BCUT2D eigenvalue weighted by Gasteiger charge is -2.09. The molecule has 32 heavy (non-hydrogen) atoms. The van der Waals surface area contributed by atoms with Gasteiger partial charge in [0.05, 0.1) is 11.1 Å². The molecule has 0 aliphatic heterocycles. The summed E-state index contributed by atoms with van der Waals surface area (Å²) in [6, 6.07) is 18.2. The smallest absolute Gasteiger partial charge is 0.289 e. The Labute approximate surface area is 185 Å². The van der Waals surface area contributed by atoms with Crippen LogP contribution < -0.4 is 0 Å². The van der Waals surface area contributed by atoms with E-state index in [1.54, 1.807) is 18.5 Å². The molecule has 0 radical (unpaired) electrons. The molecule has 0 saturated heterocycles. The van der Waals surface area contributed by atoms with E-state index in [9.17, 15) is 4.79 Å². The lowest BCUT2D eigenvalue weighted by Crippen LogP contribution is -2.06. The number of hydrogen-bond acceptors (Lipinski definition) is 5. The van der Waals surface area contributed by atoms with Crippen LogP contribution in [0.4, 0.5) is 0 Å². The van der Waals surface area contributed by atoms with Gasteiger partial charge >= 0.3 is 0 Å². The summed E-state index contributed by atoms with van der Waals surface area (Å²) >= 11 is 0. The van der Waals surface area contributed by atoms with Crippen LogP contribution in [0.25, 0.3) is 22.4 Å². The standard InChI is InChI=1S/C26H22N4O2/c1-16-6-9-19(10-7-16)15-30-18(3)23(21-13-17(2)8-11-22(21)30)24(31)26-29-28-25(32-26)20-5-4-12-27-14-20/h4-14H,15H2,1-3H3. The fraction of sp³-hybridized carbons (Fsp3) is 0.154. The Morgan fingerprint density at radius 1 is 0.969 bits per heavy atom. The zero-order valence-electron chi connectivity index (χ0n) is 18.2. The topological polar surface area (TPSA) is 73.8 Å². The van der Waals surface area contributed by atoms with Crippen molar-refractivity contribution in [2.45, 2.75) is 27.3 Å². The number of ketones is 1. The second-order valence-electron chi connectivity index (χ2n) is 8.04. The SMILES string of the molecule is Cc1ccc(Cn2c(C)c(C(=O)c3nnc(-c4cccnc4)o3)c3cc(C)ccc32)cc1. The van der Waals surface area contributed by atoms with Gasteiger partial charge in [0.1, 0.15) is 0 Å². The van der Waals surface area contributed by atoms with Crippen LogP contribution in [0.3, 0.4) is 0 Å². The highest BCUT2D eigenvalue weighted by molar-refractivity contribution is 6.15. The molecule has 2 aromatic carbocycles. The van der Waals surface area contributed by atoms with Crippen LogP contribution in [0, 0.1) is 20.8 Å². The van der Waals surface area contributed by atoms with E-state index in [2.05, 4.69) is 63.1 Å². The fourth-order valence-corrected chi connectivity index (χ4v) is 3.99. The minimum Gasteiger partial charge on any atom is -0.413 e. The van der Waals surface area contributed by atoms with Crippen molar-refractivity contribution in [2.24, 2.45) is 0 Å².